The highest BCUT2D eigenvalue weighted by molar-refractivity contribution is 5.94. The van der Waals surface area contributed by atoms with Gasteiger partial charge in [-0.3, -0.25) is 0 Å². The molecule has 35 heavy (non-hydrogen) atoms. The number of hydrogen-bond acceptors (Lipinski definition) is 4. The third-order valence-corrected chi connectivity index (χ3v) is 6.47. The van der Waals surface area contributed by atoms with Gasteiger partial charge < -0.3 is 9.47 Å². The normalized spacial score (nSPS) is 17.4. The summed E-state index contributed by atoms with van der Waals surface area (Å²) in [5.41, 5.74) is 7.87. The highest BCUT2D eigenvalue weighted by atomic mass is 16.7. The molecule has 0 N–H and O–H groups in total. The summed E-state index contributed by atoms with van der Waals surface area (Å²) in [6.45, 7) is 5.37. The van der Waals surface area contributed by atoms with Crippen molar-refractivity contribution in [2.24, 2.45) is 9.98 Å². The molecule has 2 heterocycles. The van der Waals surface area contributed by atoms with Crippen LogP contribution in [0.1, 0.15) is 29.9 Å². The Morgan fingerprint density at radius 1 is 0.800 bits per heavy atom. The number of aliphatic imine (C=N–C) groups is 1. The summed E-state index contributed by atoms with van der Waals surface area (Å²) in [5, 5.41) is 1.90. The molecule has 0 amide bonds. The summed E-state index contributed by atoms with van der Waals surface area (Å²) in [6, 6.07) is 20.8. The molecule has 1 aliphatic carbocycles. The van der Waals surface area contributed by atoms with Gasteiger partial charge in [0.15, 0.2) is 6.29 Å². The Balaban J connectivity index is 1.58. The summed E-state index contributed by atoms with van der Waals surface area (Å²) in [7, 11) is 0. The minimum atomic E-state index is -0.396. The first kappa shape index (κ1) is 21.7. The van der Waals surface area contributed by atoms with Gasteiger partial charge in [0.05, 0.1) is 18.6 Å². The summed E-state index contributed by atoms with van der Waals surface area (Å²) >= 11 is 0. The van der Waals surface area contributed by atoms with Crippen LogP contribution in [0.5, 0.6) is 0 Å². The summed E-state index contributed by atoms with van der Waals surface area (Å²) in [4.78, 5) is 10.0. The van der Waals surface area contributed by atoms with Gasteiger partial charge in [0, 0.05) is 33.7 Å². The second kappa shape index (κ2) is 9.09. The number of benzene rings is 3. The molecule has 6 rings (SSSR count). The number of aryl methyl sites for hydroxylation is 1. The molecular formula is C31H25N2O2. The summed E-state index contributed by atoms with van der Waals surface area (Å²) < 4.78 is 11.6. The Labute approximate surface area is 205 Å². The number of fused-ring (bicyclic) bond motifs is 1. The molecule has 0 spiro atoms. The van der Waals surface area contributed by atoms with Crippen LogP contribution >= 0.6 is 0 Å². The van der Waals surface area contributed by atoms with Crippen LogP contribution in [0.2, 0.25) is 0 Å². The van der Waals surface area contributed by atoms with E-state index in [2.05, 4.69) is 80.4 Å². The summed E-state index contributed by atoms with van der Waals surface area (Å²) in [5.74, 6) is 4.45. The lowest BCUT2D eigenvalue weighted by Gasteiger charge is -2.16. The van der Waals surface area contributed by atoms with Crippen LogP contribution in [0.25, 0.3) is 22.4 Å². The van der Waals surface area contributed by atoms with Gasteiger partial charge in [0.2, 0.25) is 0 Å². The highest BCUT2D eigenvalue weighted by Crippen LogP contribution is 2.32. The molecule has 3 aromatic rings. The van der Waals surface area contributed by atoms with Crippen molar-refractivity contribution in [3.05, 3.63) is 118 Å². The van der Waals surface area contributed by atoms with E-state index in [1.807, 2.05) is 24.3 Å². The predicted molar refractivity (Wildman–Crippen MR) is 140 cm³/mol. The molecule has 0 unspecified atom stereocenters. The Morgan fingerprint density at radius 2 is 1.54 bits per heavy atom. The van der Waals surface area contributed by atoms with Gasteiger partial charge in [-0.25, -0.2) is 9.98 Å². The first-order valence-electron chi connectivity index (χ1n) is 11.9. The van der Waals surface area contributed by atoms with Crippen LogP contribution < -0.4 is 10.6 Å². The lowest BCUT2D eigenvalue weighted by atomic mass is 9.96. The van der Waals surface area contributed by atoms with Crippen LogP contribution in [0.15, 0.2) is 95.0 Å². The number of allylic oxidation sites excluding steroid dienone is 4. The van der Waals surface area contributed by atoms with Gasteiger partial charge in [-0.05, 0) is 18.1 Å². The maximum absolute atomic E-state index is 5.80. The van der Waals surface area contributed by atoms with E-state index in [0.717, 1.165) is 44.1 Å². The van der Waals surface area contributed by atoms with Crippen molar-refractivity contribution in [1.82, 2.24) is 0 Å². The van der Waals surface area contributed by atoms with Crippen LogP contribution in [-0.4, -0.2) is 19.1 Å². The first-order valence-corrected chi connectivity index (χ1v) is 11.9. The van der Waals surface area contributed by atoms with Gasteiger partial charge in [-0.1, -0.05) is 97.5 Å². The fourth-order valence-corrected chi connectivity index (χ4v) is 4.56. The number of ether oxygens (including phenoxy) is 2. The molecule has 4 nitrogen and oxygen atoms in total. The van der Waals surface area contributed by atoms with Crippen LogP contribution in [0.3, 0.4) is 0 Å². The molecule has 1 fully saturated rings. The van der Waals surface area contributed by atoms with Crippen molar-refractivity contribution in [2.45, 2.75) is 20.1 Å². The molecular weight excluding hydrogens is 432 g/mol. The monoisotopic (exact) mass is 457 g/mol. The molecule has 3 aliphatic rings. The highest BCUT2D eigenvalue weighted by Gasteiger charge is 2.23. The molecule has 0 atom stereocenters. The van der Waals surface area contributed by atoms with Crippen molar-refractivity contribution < 1.29 is 9.47 Å². The van der Waals surface area contributed by atoms with Crippen molar-refractivity contribution >= 4 is 22.8 Å². The Morgan fingerprint density at radius 3 is 2.31 bits per heavy atom. The SMILES string of the molecule is C[C]1C=CC(=c2ccc(-c3ccc(C)cc3)c3c2=NC(c2ccccc2C2OCCO2)=C=N3)C=C1. The van der Waals surface area contributed by atoms with Gasteiger partial charge >= 0.3 is 0 Å². The minimum Gasteiger partial charge on any atom is -0.346 e. The van der Waals surface area contributed by atoms with E-state index in [9.17, 15) is 0 Å². The Kier molecular flexibility index (Phi) is 5.63. The number of hydrogen-bond donors (Lipinski definition) is 0. The second-order valence-electron chi connectivity index (χ2n) is 8.93. The molecule has 3 aromatic carbocycles. The average Bonchev–Trinajstić information content (AvgIpc) is 3.44. The van der Waals surface area contributed by atoms with Crippen molar-refractivity contribution in [2.75, 3.05) is 13.2 Å². The van der Waals surface area contributed by atoms with Crippen molar-refractivity contribution in [1.29, 1.82) is 0 Å². The minimum absolute atomic E-state index is 0.396. The van der Waals surface area contributed by atoms with Gasteiger partial charge in [-0.15, -0.1) is 0 Å². The van der Waals surface area contributed by atoms with Crippen LogP contribution in [0, 0.1) is 12.8 Å². The first-order chi connectivity index (χ1) is 17.2. The zero-order chi connectivity index (χ0) is 23.8. The topological polar surface area (TPSA) is 43.2 Å². The lowest BCUT2D eigenvalue weighted by molar-refractivity contribution is -0.0442. The molecule has 4 heteroatoms. The van der Waals surface area contributed by atoms with E-state index >= 15 is 0 Å². The molecule has 0 aromatic heterocycles. The van der Waals surface area contributed by atoms with E-state index in [4.69, 9.17) is 19.5 Å². The molecule has 2 aliphatic heterocycles. The van der Waals surface area contributed by atoms with Crippen LogP contribution in [0.4, 0.5) is 5.69 Å². The fourth-order valence-electron chi connectivity index (χ4n) is 4.56. The Bertz CT molecular complexity index is 1530. The van der Waals surface area contributed by atoms with E-state index in [-0.39, 0.29) is 0 Å². The average molecular weight is 458 g/mol. The molecule has 0 bridgehead atoms. The van der Waals surface area contributed by atoms with Gasteiger partial charge in [0.25, 0.3) is 0 Å². The maximum Gasteiger partial charge on any atom is 0.184 e. The summed E-state index contributed by atoms with van der Waals surface area (Å²) in [6.07, 6.45) is 8.14. The zero-order valence-corrected chi connectivity index (χ0v) is 19.8. The smallest absolute Gasteiger partial charge is 0.184 e. The van der Waals surface area contributed by atoms with Crippen molar-refractivity contribution in [3.63, 3.8) is 0 Å². The molecule has 1 saturated heterocycles. The van der Waals surface area contributed by atoms with Gasteiger partial charge in [0.1, 0.15) is 11.4 Å². The van der Waals surface area contributed by atoms with E-state index in [1.165, 1.54) is 11.5 Å². The van der Waals surface area contributed by atoms with Crippen LogP contribution in [-0.2, 0) is 9.47 Å². The largest absolute Gasteiger partial charge is 0.346 e. The second-order valence-corrected chi connectivity index (χ2v) is 8.93. The van der Waals surface area contributed by atoms with E-state index < -0.39 is 6.29 Å². The van der Waals surface area contributed by atoms with Gasteiger partial charge in [-0.2, -0.15) is 0 Å². The number of rotatable bonds is 3. The third kappa shape index (κ3) is 4.13. The molecule has 171 valence electrons. The molecule has 1 radical (unpaired) electrons. The Hall–Kier alpha value is -3.82. The van der Waals surface area contributed by atoms with Crippen molar-refractivity contribution in [3.8, 4) is 11.1 Å². The van der Waals surface area contributed by atoms with E-state index in [1.54, 1.807) is 0 Å². The fraction of sp³-hybridized carbons (Fsp3) is 0.161. The zero-order valence-electron chi connectivity index (χ0n) is 19.8. The van der Waals surface area contributed by atoms with E-state index in [0.29, 0.717) is 18.9 Å². The third-order valence-electron chi connectivity index (χ3n) is 6.47. The maximum atomic E-state index is 5.80. The number of nitrogens with zero attached hydrogens (tertiary/aromatic N) is 2. The molecule has 0 saturated carbocycles. The lowest BCUT2D eigenvalue weighted by Crippen LogP contribution is -2.29. The standard InChI is InChI=1S/C31H25N2O2/c1-20-7-11-22(12-8-20)24-15-16-25(23-13-9-21(2)10-14-23)30-29(24)32-19-28(33-30)26-5-3-4-6-27(26)31-34-17-18-35-31/h3-16,31H,17-18H2,1-2H3. The quantitative estimate of drug-likeness (QED) is 0.517. The predicted octanol–water partition coefficient (Wildman–Crippen LogP) is 5.55.